The molecule has 0 aromatic heterocycles. The molecule has 1 fully saturated rings. The Bertz CT molecular complexity index is 1540. The molecule has 15 nitrogen and oxygen atoms in total. The number of carboxylic acids is 1. The maximum absolute atomic E-state index is 12.8. The zero-order chi connectivity index (χ0) is 47.4. The molecule has 0 radical (unpaired) electrons. The monoisotopic (exact) mass is 924 g/mol. The van der Waals surface area contributed by atoms with E-state index in [0.717, 1.165) is 44.9 Å². The first kappa shape index (κ1) is 58.5. The number of carboxylic acid groups (broad SMARTS) is 1. The Hall–Kier alpha value is -3.53. The van der Waals surface area contributed by atoms with Gasteiger partial charge in [-0.15, -0.1) is 0 Å². The minimum absolute atomic E-state index is 0.0402. The number of esters is 2. The number of unbranched alkanes of at least 4 members (excludes halogenated alkanes) is 6. The van der Waals surface area contributed by atoms with Gasteiger partial charge in [-0.2, -0.15) is 0 Å². The lowest BCUT2D eigenvalue weighted by molar-refractivity contribution is -0.161. The lowest BCUT2D eigenvalue weighted by atomic mass is 9.87. The van der Waals surface area contributed by atoms with Gasteiger partial charge in [-0.1, -0.05) is 119 Å². The average Bonchev–Trinajstić information content (AvgIpc) is 3.52. The number of nitrogens with two attached hydrogens (primary N) is 1. The molecule has 0 heterocycles. The lowest BCUT2D eigenvalue weighted by Crippen LogP contribution is -2.34. The molecule has 1 aliphatic rings. The van der Waals surface area contributed by atoms with E-state index in [1.54, 1.807) is 12.2 Å². The van der Waals surface area contributed by atoms with E-state index < -0.39 is 87.8 Å². The van der Waals surface area contributed by atoms with Gasteiger partial charge in [-0.25, -0.2) is 4.57 Å². The van der Waals surface area contributed by atoms with E-state index in [4.69, 9.17) is 24.8 Å². The highest BCUT2D eigenvalue weighted by molar-refractivity contribution is 7.47. The normalized spacial score (nSPS) is 20.5. The number of ether oxygens (including phenoxy) is 2. The van der Waals surface area contributed by atoms with E-state index in [1.165, 1.54) is 19.3 Å². The number of carbonyl (C=O) groups is 4. The third-order valence-electron chi connectivity index (χ3n) is 10.4. The molecule has 0 aromatic carbocycles. The first-order valence-electron chi connectivity index (χ1n) is 23.1. The van der Waals surface area contributed by atoms with E-state index in [9.17, 15) is 44.0 Å². The van der Waals surface area contributed by atoms with Gasteiger partial charge in [-0.05, 0) is 64.2 Å². The van der Waals surface area contributed by atoms with Crippen molar-refractivity contribution in [2.24, 2.45) is 17.6 Å². The molecule has 1 unspecified atom stereocenters. The summed E-state index contributed by atoms with van der Waals surface area (Å²) in [6, 6.07) is -1.59. The summed E-state index contributed by atoms with van der Waals surface area (Å²) >= 11 is 0. The topological polar surface area (TPSA) is 249 Å². The first-order chi connectivity index (χ1) is 30.7. The number of allylic oxidation sites excluding steroid dienone is 10. The molecule has 0 amide bonds. The van der Waals surface area contributed by atoms with Crippen LogP contribution in [-0.4, -0.2) is 99.3 Å². The Balaban J connectivity index is 2.55. The van der Waals surface area contributed by atoms with Crippen molar-refractivity contribution in [2.75, 3.05) is 19.8 Å². The third kappa shape index (κ3) is 30.6. The van der Waals surface area contributed by atoms with Gasteiger partial charge in [0, 0.05) is 43.9 Å². The largest absolute Gasteiger partial charge is 0.480 e. The molecule has 64 heavy (non-hydrogen) atoms. The van der Waals surface area contributed by atoms with Crippen LogP contribution in [0.4, 0.5) is 0 Å². The Labute approximate surface area is 381 Å². The molecule has 364 valence electrons. The van der Waals surface area contributed by atoms with Gasteiger partial charge in [0.15, 0.2) is 6.10 Å². The Morgan fingerprint density at radius 3 is 1.88 bits per heavy atom. The molecule has 1 rings (SSSR count). The van der Waals surface area contributed by atoms with Gasteiger partial charge < -0.3 is 40.5 Å². The second-order valence-corrected chi connectivity index (χ2v) is 17.6. The molecule has 0 aromatic rings. The quantitative estimate of drug-likeness (QED) is 0.0148. The second-order valence-electron chi connectivity index (χ2n) is 16.1. The molecule has 8 atom stereocenters. The number of phosphoric acid groups is 1. The van der Waals surface area contributed by atoms with Gasteiger partial charge in [0.1, 0.15) is 18.4 Å². The maximum atomic E-state index is 12.8. The predicted octanol–water partition coefficient (Wildman–Crippen LogP) is 8.06. The van der Waals surface area contributed by atoms with Crippen LogP contribution in [0, 0.1) is 11.8 Å². The van der Waals surface area contributed by atoms with Crippen molar-refractivity contribution < 1.29 is 67.6 Å². The van der Waals surface area contributed by atoms with Crippen LogP contribution < -0.4 is 5.73 Å². The standard InChI is InChI=1S/C48H78NO14P/c1-3-5-7-8-9-10-11-12-13-14-15-16-17-18-19-20-21-22-24-30-47(55)63-40(36-61-64(58,59)62-37-43(49)48(56)57)35-60-46(54)29-26-25-28-39(51)33-42-41(44(52)34-45(42)53)32-31-38(50)27-23-6-4-2/h9-10,12-13,15-16,18-19,21-22,31-32,38,40-45,50,52-53H,3-8,11,14,17,20,23-30,33-37,49H2,1-2H3,(H,56,57)(H,58,59)/b10-9-,13-12-,16-15-,19-18-,22-21-,32-31+/t38-,40+,41+,42+,43-,44+,45-/m0/s1. The van der Waals surface area contributed by atoms with Crippen molar-refractivity contribution in [1.29, 1.82) is 0 Å². The van der Waals surface area contributed by atoms with Crippen molar-refractivity contribution >= 4 is 31.5 Å². The van der Waals surface area contributed by atoms with Crippen LogP contribution >= 0.6 is 7.82 Å². The summed E-state index contributed by atoms with van der Waals surface area (Å²) in [7, 11) is -4.83. The number of hydrogen-bond acceptors (Lipinski definition) is 13. The number of aliphatic hydroxyl groups excluding tert-OH is 3. The first-order valence-corrected chi connectivity index (χ1v) is 24.6. The van der Waals surface area contributed by atoms with Crippen LogP contribution in [0.2, 0.25) is 0 Å². The molecule has 0 spiro atoms. The molecular formula is C48H78NO14P. The fourth-order valence-electron chi connectivity index (χ4n) is 6.69. The Morgan fingerprint density at radius 2 is 1.27 bits per heavy atom. The number of ketones is 1. The van der Waals surface area contributed by atoms with Crippen molar-refractivity contribution in [2.45, 2.75) is 173 Å². The third-order valence-corrected chi connectivity index (χ3v) is 11.4. The fraction of sp³-hybridized carbons (Fsp3) is 0.667. The summed E-state index contributed by atoms with van der Waals surface area (Å²) in [5, 5.41) is 40.2. The summed E-state index contributed by atoms with van der Waals surface area (Å²) in [6.07, 6.45) is 33.3. The van der Waals surface area contributed by atoms with E-state index >= 15 is 0 Å². The van der Waals surface area contributed by atoms with Gasteiger partial charge in [0.2, 0.25) is 0 Å². The van der Waals surface area contributed by atoms with E-state index in [1.807, 2.05) is 18.2 Å². The number of hydrogen-bond donors (Lipinski definition) is 6. The highest BCUT2D eigenvalue weighted by atomic mass is 31.2. The van der Waals surface area contributed by atoms with Crippen molar-refractivity contribution in [3.05, 3.63) is 72.9 Å². The fourth-order valence-corrected chi connectivity index (χ4v) is 7.47. The minimum Gasteiger partial charge on any atom is -0.480 e. The Morgan fingerprint density at radius 1 is 0.703 bits per heavy atom. The highest BCUT2D eigenvalue weighted by Gasteiger charge is 2.41. The van der Waals surface area contributed by atoms with Crippen LogP contribution in [0.5, 0.6) is 0 Å². The van der Waals surface area contributed by atoms with Crippen molar-refractivity contribution in [1.82, 2.24) is 0 Å². The van der Waals surface area contributed by atoms with Crippen LogP contribution in [-0.2, 0) is 42.3 Å². The van der Waals surface area contributed by atoms with Gasteiger partial charge in [-0.3, -0.25) is 28.2 Å². The summed E-state index contributed by atoms with van der Waals surface area (Å²) in [5.74, 6) is -3.92. The molecule has 16 heteroatoms. The van der Waals surface area contributed by atoms with Crippen molar-refractivity contribution in [3.63, 3.8) is 0 Å². The minimum atomic E-state index is -4.83. The summed E-state index contributed by atoms with van der Waals surface area (Å²) in [6.45, 7) is 2.20. The van der Waals surface area contributed by atoms with Crippen LogP contribution in [0.15, 0.2) is 72.9 Å². The highest BCUT2D eigenvalue weighted by Crippen LogP contribution is 2.43. The number of aliphatic hydroxyl groups is 3. The van der Waals surface area contributed by atoms with Crippen LogP contribution in [0.1, 0.15) is 142 Å². The molecule has 0 aliphatic heterocycles. The summed E-state index contributed by atoms with van der Waals surface area (Å²) in [5.41, 5.74) is 5.32. The summed E-state index contributed by atoms with van der Waals surface area (Å²) in [4.78, 5) is 59.1. The predicted molar refractivity (Wildman–Crippen MR) is 247 cm³/mol. The number of aliphatic carboxylic acids is 1. The van der Waals surface area contributed by atoms with Crippen LogP contribution in [0.3, 0.4) is 0 Å². The molecule has 1 saturated carbocycles. The maximum Gasteiger partial charge on any atom is 0.472 e. The number of rotatable bonds is 38. The van der Waals surface area contributed by atoms with Crippen molar-refractivity contribution in [3.8, 4) is 0 Å². The second kappa shape index (κ2) is 36.7. The van der Waals surface area contributed by atoms with Gasteiger partial charge >= 0.3 is 25.7 Å². The van der Waals surface area contributed by atoms with Gasteiger partial charge in [0.25, 0.3) is 0 Å². The number of phosphoric ester groups is 1. The number of Topliss-reactive ketones (excluding diaryl/α,β-unsaturated/α-hetero) is 1. The van der Waals surface area contributed by atoms with Crippen LogP contribution in [0.25, 0.3) is 0 Å². The van der Waals surface area contributed by atoms with E-state index in [-0.39, 0.29) is 44.3 Å². The molecule has 0 saturated heterocycles. The average molecular weight is 924 g/mol. The SMILES string of the molecule is CCCCC/C=C\C/C=C\C/C=C\C/C=C\C/C=C\CCC(=O)O[C@H](COC(=O)CCCCC(=O)C[C@@H]1[C@@H](/C=C/[C@@H](O)CCCCC)[C@H](O)C[C@@H]1O)COP(=O)(O)OC[C@H](N)C(=O)O. The Kier molecular flexibility index (Phi) is 33.5. The molecule has 7 N–H and O–H groups in total. The van der Waals surface area contributed by atoms with E-state index in [0.29, 0.717) is 25.7 Å². The molecular weight excluding hydrogens is 845 g/mol. The molecule has 0 bridgehead atoms. The lowest BCUT2D eigenvalue weighted by Gasteiger charge is -2.20. The number of carbonyl (C=O) groups excluding carboxylic acids is 3. The smallest absolute Gasteiger partial charge is 0.472 e. The van der Waals surface area contributed by atoms with Gasteiger partial charge in [0.05, 0.1) is 31.5 Å². The zero-order valence-corrected chi connectivity index (χ0v) is 39.1. The van der Waals surface area contributed by atoms with E-state index in [2.05, 4.69) is 60.9 Å². The summed E-state index contributed by atoms with van der Waals surface area (Å²) < 4.78 is 32.5. The molecule has 1 aliphatic carbocycles. The zero-order valence-electron chi connectivity index (χ0n) is 38.2.